The van der Waals surface area contributed by atoms with Crippen LogP contribution in [0.15, 0.2) is 0 Å². The Morgan fingerprint density at radius 2 is 1.00 bits per heavy atom. The molecule has 14 nitrogen and oxygen atoms in total. The third-order valence-corrected chi connectivity index (χ3v) is 4.36. The van der Waals surface area contributed by atoms with Gasteiger partial charge in [0.25, 0.3) is 0 Å². The van der Waals surface area contributed by atoms with E-state index in [-0.39, 0.29) is 13.0 Å². The van der Waals surface area contributed by atoms with Gasteiger partial charge in [-0.05, 0) is 19.4 Å². The summed E-state index contributed by atoms with van der Waals surface area (Å²) < 4.78 is 0. The molecular formula is C16H24N2O12. The molecule has 170 valence electrons. The summed E-state index contributed by atoms with van der Waals surface area (Å²) in [5.74, 6) is -10.6. The zero-order chi connectivity index (χ0) is 23.9. The van der Waals surface area contributed by atoms with E-state index >= 15 is 0 Å². The maximum Gasteiger partial charge on any atom is 0.336 e. The van der Waals surface area contributed by atoms with Crippen molar-refractivity contribution >= 4 is 35.4 Å². The van der Waals surface area contributed by atoms with Gasteiger partial charge in [-0.15, -0.1) is 0 Å². The van der Waals surface area contributed by atoms with E-state index in [0.29, 0.717) is 0 Å². The minimum Gasteiger partial charge on any atom is -0.481 e. The van der Waals surface area contributed by atoms with E-state index in [4.69, 9.17) is 31.9 Å². The zero-order valence-corrected chi connectivity index (χ0v) is 15.7. The fraction of sp³-hybridized carbons (Fsp3) is 0.625. The lowest BCUT2D eigenvalue weighted by molar-refractivity contribution is -0.170. The van der Waals surface area contributed by atoms with Crippen LogP contribution in [0, 0.1) is 0 Å². The number of aliphatic carboxylic acids is 4. The highest BCUT2D eigenvalue weighted by Crippen LogP contribution is 2.27. The Balaban J connectivity index is 6.01. The lowest BCUT2D eigenvalue weighted by Crippen LogP contribution is -2.60. The largest absolute Gasteiger partial charge is 0.481 e. The molecule has 0 amide bonds. The third kappa shape index (κ3) is 6.84. The second-order valence-corrected chi connectivity index (χ2v) is 6.88. The average Bonchev–Trinajstić information content (AvgIpc) is 2.57. The van der Waals surface area contributed by atoms with Crippen molar-refractivity contribution in [1.82, 2.24) is 0 Å². The Morgan fingerprint density at radius 1 is 0.667 bits per heavy atom. The van der Waals surface area contributed by atoms with Gasteiger partial charge in [0.05, 0.1) is 12.8 Å². The number of ketones is 2. The number of carbonyl (C=O) groups excluding carboxylic acids is 2. The number of Topliss-reactive ketones (excluding diaryl/α,β-unsaturated/α-hetero) is 2. The summed E-state index contributed by atoms with van der Waals surface area (Å²) in [7, 11) is 0. The predicted octanol–water partition coefficient (Wildman–Crippen LogP) is -3.08. The second-order valence-electron chi connectivity index (χ2n) is 6.88. The normalized spacial score (nSPS) is 17.1. The zero-order valence-electron chi connectivity index (χ0n) is 15.7. The van der Waals surface area contributed by atoms with E-state index in [2.05, 4.69) is 0 Å². The summed E-state index contributed by atoms with van der Waals surface area (Å²) in [5, 5.41) is 55.7. The Kier molecular flexibility index (Phi) is 9.20. The molecule has 0 aliphatic heterocycles. The first-order chi connectivity index (χ1) is 13.5. The third-order valence-electron chi connectivity index (χ3n) is 4.36. The molecule has 0 saturated heterocycles. The molecule has 2 unspecified atom stereocenters. The second kappa shape index (κ2) is 10.2. The van der Waals surface area contributed by atoms with Crippen molar-refractivity contribution < 1.29 is 59.4 Å². The highest BCUT2D eigenvalue weighted by molar-refractivity contribution is 6.13. The van der Waals surface area contributed by atoms with Crippen molar-refractivity contribution in [2.75, 3.05) is 6.54 Å². The van der Waals surface area contributed by atoms with Crippen LogP contribution in [0.2, 0.25) is 0 Å². The van der Waals surface area contributed by atoms with Crippen molar-refractivity contribution in [3.05, 3.63) is 0 Å². The molecule has 0 aromatic heterocycles. The molecule has 2 atom stereocenters. The highest BCUT2D eigenvalue weighted by Gasteiger charge is 2.51. The molecule has 0 aromatic carbocycles. The molecular weight excluding hydrogens is 412 g/mol. The molecule has 30 heavy (non-hydrogen) atoms. The number of aliphatic hydroxyl groups is 2. The minimum atomic E-state index is -3.12. The standard InChI is InChI=1S/C16H24N2O12/c17-3-1-2-16(18,8(19)4-14(29,12(25)26)6-10(21)22)9(20)5-15(30,13(27)28)7-11(23)24/h29-30H,1-7,17-18H2,(H,21,22)(H,23,24)(H,25,26)(H,27,28). The molecule has 0 rings (SSSR count). The van der Waals surface area contributed by atoms with Gasteiger partial charge in [-0.1, -0.05) is 0 Å². The van der Waals surface area contributed by atoms with E-state index in [1.54, 1.807) is 0 Å². The van der Waals surface area contributed by atoms with Crippen LogP contribution < -0.4 is 11.5 Å². The number of hydrogen-bond donors (Lipinski definition) is 8. The monoisotopic (exact) mass is 436 g/mol. The van der Waals surface area contributed by atoms with Gasteiger partial charge >= 0.3 is 23.9 Å². The van der Waals surface area contributed by atoms with Gasteiger partial charge in [0.1, 0.15) is 5.54 Å². The van der Waals surface area contributed by atoms with E-state index < -0.39 is 84.3 Å². The Labute approximate surface area is 169 Å². The number of rotatable bonds is 15. The fourth-order valence-electron chi connectivity index (χ4n) is 2.59. The summed E-state index contributed by atoms with van der Waals surface area (Å²) in [5.41, 5.74) is 2.18. The van der Waals surface area contributed by atoms with Crippen molar-refractivity contribution in [2.24, 2.45) is 11.5 Å². The number of carbonyl (C=O) groups is 6. The maximum absolute atomic E-state index is 12.6. The topological polar surface area (TPSA) is 276 Å². The lowest BCUT2D eigenvalue weighted by Gasteiger charge is -2.32. The van der Waals surface area contributed by atoms with Crippen molar-refractivity contribution in [3.8, 4) is 0 Å². The van der Waals surface area contributed by atoms with Crippen LogP contribution in [0.5, 0.6) is 0 Å². The van der Waals surface area contributed by atoms with E-state index in [9.17, 15) is 39.0 Å². The molecule has 0 aliphatic carbocycles. The number of carboxylic acids is 4. The van der Waals surface area contributed by atoms with Gasteiger partial charge in [0.2, 0.25) is 0 Å². The van der Waals surface area contributed by atoms with Crippen LogP contribution in [-0.2, 0) is 28.8 Å². The molecule has 0 bridgehead atoms. The summed E-state index contributed by atoms with van der Waals surface area (Å²) in [4.78, 5) is 69.4. The molecule has 0 saturated carbocycles. The van der Waals surface area contributed by atoms with Gasteiger partial charge in [-0.2, -0.15) is 0 Å². The van der Waals surface area contributed by atoms with Crippen LogP contribution in [0.1, 0.15) is 38.5 Å². The van der Waals surface area contributed by atoms with Gasteiger partial charge < -0.3 is 42.1 Å². The van der Waals surface area contributed by atoms with Gasteiger partial charge in [0, 0.05) is 12.8 Å². The first-order valence-corrected chi connectivity index (χ1v) is 8.45. The van der Waals surface area contributed by atoms with Crippen molar-refractivity contribution in [1.29, 1.82) is 0 Å². The van der Waals surface area contributed by atoms with Gasteiger partial charge in [0.15, 0.2) is 22.8 Å². The van der Waals surface area contributed by atoms with Crippen molar-refractivity contribution in [3.63, 3.8) is 0 Å². The van der Waals surface area contributed by atoms with E-state index in [1.807, 2.05) is 0 Å². The number of carboxylic acid groups (broad SMARTS) is 4. The summed E-state index contributed by atoms with van der Waals surface area (Å²) in [6.45, 7) is -0.115. The minimum absolute atomic E-state index is 0.108. The fourth-order valence-corrected chi connectivity index (χ4v) is 2.59. The van der Waals surface area contributed by atoms with Crippen LogP contribution in [0.4, 0.5) is 0 Å². The summed E-state index contributed by atoms with van der Waals surface area (Å²) >= 11 is 0. The Bertz CT molecular complexity index is 682. The molecule has 0 radical (unpaired) electrons. The van der Waals surface area contributed by atoms with Crippen LogP contribution in [-0.4, -0.2) is 89.4 Å². The molecule has 0 aromatic rings. The molecule has 0 aliphatic rings. The molecule has 10 N–H and O–H groups in total. The number of hydrogen-bond acceptors (Lipinski definition) is 10. The smallest absolute Gasteiger partial charge is 0.336 e. The molecule has 0 heterocycles. The SMILES string of the molecule is NCCCC(N)(C(=O)CC(O)(CC(=O)O)C(=O)O)C(=O)CC(O)(CC(=O)O)C(=O)O. The van der Waals surface area contributed by atoms with Crippen molar-refractivity contribution in [2.45, 2.75) is 55.3 Å². The van der Waals surface area contributed by atoms with E-state index in [1.165, 1.54) is 0 Å². The maximum atomic E-state index is 12.6. The quantitative estimate of drug-likeness (QED) is 0.118. The first kappa shape index (κ1) is 27.1. The summed E-state index contributed by atoms with van der Waals surface area (Å²) in [6.07, 6.45) is -6.34. The van der Waals surface area contributed by atoms with Gasteiger partial charge in [-0.25, -0.2) is 9.59 Å². The molecule has 14 heteroatoms. The van der Waals surface area contributed by atoms with Gasteiger partial charge in [-0.3, -0.25) is 19.2 Å². The Hall–Kier alpha value is -2.94. The summed E-state index contributed by atoms with van der Waals surface area (Å²) in [6, 6.07) is 0. The highest BCUT2D eigenvalue weighted by atomic mass is 16.4. The van der Waals surface area contributed by atoms with Crippen LogP contribution in [0.3, 0.4) is 0 Å². The lowest BCUT2D eigenvalue weighted by atomic mass is 9.76. The first-order valence-electron chi connectivity index (χ1n) is 8.45. The average molecular weight is 436 g/mol. The Morgan fingerprint density at radius 3 is 1.23 bits per heavy atom. The molecule has 0 fully saturated rings. The molecule has 0 spiro atoms. The van der Waals surface area contributed by atoms with E-state index in [0.717, 1.165) is 0 Å². The predicted molar refractivity (Wildman–Crippen MR) is 94.1 cm³/mol. The van der Waals surface area contributed by atoms with Crippen LogP contribution >= 0.6 is 0 Å². The van der Waals surface area contributed by atoms with Crippen LogP contribution in [0.25, 0.3) is 0 Å². The number of nitrogens with two attached hydrogens (primary N) is 2.